The molecule has 0 amide bonds. The summed E-state index contributed by atoms with van der Waals surface area (Å²) in [4.78, 5) is 4.27. The zero-order valence-corrected chi connectivity index (χ0v) is 10.0. The Labute approximate surface area is 109 Å². The standard InChI is InChI=1S/C13H12N4O2/c14-9-4-1-2-5-10(9)19-8-12-15-13(17-16-12)11-6-3-7-18-11/h1-7H,8,14H2,(H,15,16,17). The van der Waals surface area contributed by atoms with E-state index in [2.05, 4.69) is 15.2 Å². The maximum atomic E-state index is 5.78. The number of aromatic amines is 1. The van der Waals surface area contributed by atoms with E-state index < -0.39 is 0 Å². The Morgan fingerprint density at radius 2 is 2.11 bits per heavy atom. The van der Waals surface area contributed by atoms with Gasteiger partial charge in [-0.1, -0.05) is 12.1 Å². The van der Waals surface area contributed by atoms with Crippen molar-refractivity contribution < 1.29 is 9.15 Å². The van der Waals surface area contributed by atoms with Crippen LogP contribution in [0.1, 0.15) is 5.82 Å². The molecule has 0 fully saturated rings. The Bertz CT molecular complexity index is 661. The third-order valence-corrected chi connectivity index (χ3v) is 2.56. The summed E-state index contributed by atoms with van der Waals surface area (Å²) in [7, 11) is 0. The first-order valence-corrected chi connectivity index (χ1v) is 5.75. The van der Waals surface area contributed by atoms with Crippen LogP contribution < -0.4 is 10.5 Å². The SMILES string of the molecule is Nc1ccccc1OCc1nc(-c2ccco2)n[nH]1. The number of nitrogens with zero attached hydrogens (tertiary/aromatic N) is 2. The molecule has 3 rings (SSSR count). The fraction of sp³-hybridized carbons (Fsp3) is 0.0769. The molecule has 0 saturated carbocycles. The first kappa shape index (κ1) is 11.3. The second kappa shape index (κ2) is 4.85. The molecule has 1 aromatic carbocycles. The van der Waals surface area contributed by atoms with Crippen molar-refractivity contribution in [3.05, 3.63) is 48.5 Å². The molecule has 2 heterocycles. The van der Waals surface area contributed by atoms with E-state index in [9.17, 15) is 0 Å². The summed E-state index contributed by atoms with van der Waals surface area (Å²) in [6.45, 7) is 0.266. The Morgan fingerprint density at radius 3 is 2.89 bits per heavy atom. The summed E-state index contributed by atoms with van der Waals surface area (Å²) >= 11 is 0. The number of ether oxygens (including phenoxy) is 1. The molecule has 3 N–H and O–H groups in total. The molecule has 0 aliphatic rings. The average Bonchev–Trinajstić information content (AvgIpc) is 3.09. The molecular weight excluding hydrogens is 244 g/mol. The van der Waals surface area contributed by atoms with Crippen LogP contribution in [-0.4, -0.2) is 15.2 Å². The van der Waals surface area contributed by atoms with Gasteiger partial charge in [0.05, 0.1) is 12.0 Å². The molecule has 2 aromatic heterocycles. The van der Waals surface area contributed by atoms with E-state index in [1.54, 1.807) is 30.5 Å². The predicted molar refractivity (Wildman–Crippen MR) is 69.3 cm³/mol. The van der Waals surface area contributed by atoms with E-state index >= 15 is 0 Å². The molecule has 0 unspecified atom stereocenters. The smallest absolute Gasteiger partial charge is 0.217 e. The number of furan rings is 1. The van der Waals surface area contributed by atoms with Crippen LogP contribution in [0.15, 0.2) is 47.1 Å². The Kier molecular flexibility index (Phi) is 2.89. The predicted octanol–water partition coefficient (Wildman–Crippen LogP) is 2.23. The van der Waals surface area contributed by atoms with Crippen LogP contribution in [0.2, 0.25) is 0 Å². The van der Waals surface area contributed by atoms with Crippen LogP contribution in [0.25, 0.3) is 11.6 Å². The van der Waals surface area contributed by atoms with Gasteiger partial charge < -0.3 is 14.9 Å². The average molecular weight is 256 g/mol. The van der Waals surface area contributed by atoms with Crippen LogP contribution in [0.5, 0.6) is 5.75 Å². The van der Waals surface area contributed by atoms with Gasteiger partial charge in [0.25, 0.3) is 0 Å². The van der Waals surface area contributed by atoms with Gasteiger partial charge in [0, 0.05) is 0 Å². The lowest BCUT2D eigenvalue weighted by Gasteiger charge is -2.05. The van der Waals surface area contributed by atoms with Gasteiger partial charge >= 0.3 is 0 Å². The van der Waals surface area contributed by atoms with E-state index in [4.69, 9.17) is 14.9 Å². The molecule has 0 bridgehead atoms. The normalized spacial score (nSPS) is 10.5. The van der Waals surface area contributed by atoms with Gasteiger partial charge in [-0.2, -0.15) is 0 Å². The molecule has 0 aliphatic carbocycles. The second-order valence-corrected chi connectivity index (χ2v) is 3.91. The van der Waals surface area contributed by atoms with Crippen LogP contribution in [0, 0.1) is 0 Å². The molecule has 3 aromatic rings. The molecule has 6 heteroatoms. The second-order valence-electron chi connectivity index (χ2n) is 3.91. The molecule has 96 valence electrons. The third-order valence-electron chi connectivity index (χ3n) is 2.56. The van der Waals surface area contributed by atoms with Crippen molar-refractivity contribution in [2.24, 2.45) is 0 Å². The minimum absolute atomic E-state index is 0.266. The summed E-state index contributed by atoms with van der Waals surface area (Å²) in [6, 6.07) is 10.9. The summed E-state index contributed by atoms with van der Waals surface area (Å²) in [5.41, 5.74) is 6.37. The number of nitrogens with two attached hydrogens (primary N) is 1. The van der Waals surface area contributed by atoms with Gasteiger partial charge in [0.2, 0.25) is 5.82 Å². The monoisotopic (exact) mass is 256 g/mol. The highest BCUT2D eigenvalue weighted by molar-refractivity contribution is 5.51. The quantitative estimate of drug-likeness (QED) is 0.698. The van der Waals surface area contributed by atoms with Gasteiger partial charge in [-0.25, -0.2) is 4.98 Å². The van der Waals surface area contributed by atoms with Crippen molar-refractivity contribution in [2.75, 3.05) is 5.73 Å². The molecule has 0 saturated heterocycles. The van der Waals surface area contributed by atoms with Crippen molar-refractivity contribution in [2.45, 2.75) is 6.61 Å². The summed E-state index contributed by atoms with van der Waals surface area (Å²) < 4.78 is 10.8. The van der Waals surface area contributed by atoms with E-state index in [0.29, 0.717) is 28.8 Å². The molecule has 6 nitrogen and oxygen atoms in total. The van der Waals surface area contributed by atoms with Crippen LogP contribution in [-0.2, 0) is 6.61 Å². The highest BCUT2D eigenvalue weighted by Crippen LogP contribution is 2.21. The maximum Gasteiger partial charge on any atom is 0.217 e. The van der Waals surface area contributed by atoms with Crippen molar-refractivity contribution in [3.8, 4) is 17.3 Å². The largest absolute Gasteiger partial charge is 0.483 e. The highest BCUT2D eigenvalue weighted by Gasteiger charge is 2.09. The van der Waals surface area contributed by atoms with E-state index in [0.717, 1.165) is 0 Å². The lowest BCUT2D eigenvalue weighted by Crippen LogP contribution is -2.00. The van der Waals surface area contributed by atoms with Gasteiger partial charge in [-0.3, -0.25) is 5.10 Å². The van der Waals surface area contributed by atoms with Crippen LogP contribution in [0.4, 0.5) is 5.69 Å². The first-order valence-electron chi connectivity index (χ1n) is 5.75. The van der Waals surface area contributed by atoms with E-state index in [1.807, 2.05) is 12.1 Å². The number of aromatic nitrogens is 3. The number of H-pyrrole nitrogens is 1. The number of anilines is 1. The Morgan fingerprint density at radius 1 is 1.21 bits per heavy atom. The number of nitrogens with one attached hydrogen (secondary N) is 1. The van der Waals surface area contributed by atoms with Crippen molar-refractivity contribution in [1.82, 2.24) is 15.2 Å². The number of para-hydroxylation sites is 2. The fourth-order valence-corrected chi connectivity index (χ4v) is 1.63. The van der Waals surface area contributed by atoms with Crippen molar-refractivity contribution in [1.29, 1.82) is 0 Å². The van der Waals surface area contributed by atoms with Crippen molar-refractivity contribution >= 4 is 5.69 Å². The number of hydrogen-bond donors (Lipinski definition) is 2. The topological polar surface area (TPSA) is 90.0 Å². The van der Waals surface area contributed by atoms with Gasteiger partial charge in [-0.05, 0) is 24.3 Å². The highest BCUT2D eigenvalue weighted by atomic mass is 16.5. The van der Waals surface area contributed by atoms with Crippen LogP contribution in [0.3, 0.4) is 0 Å². The first-order chi connectivity index (χ1) is 9.33. The summed E-state index contributed by atoms with van der Waals surface area (Å²) in [6.07, 6.45) is 1.58. The van der Waals surface area contributed by atoms with Gasteiger partial charge in [0.15, 0.2) is 11.6 Å². The number of nitrogen functional groups attached to an aromatic ring is 1. The van der Waals surface area contributed by atoms with E-state index in [-0.39, 0.29) is 6.61 Å². The van der Waals surface area contributed by atoms with Crippen molar-refractivity contribution in [3.63, 3.8) is 0 Å². The minimum atomic E-state index is 0.266. The minimum Gasteiger partial charge on any atom is -0.483 e. The molecule has 0 aliphatic heterocycles. The fourth-order valence-electron chi connectivity index (χ4n) is 1.63. The Hall–Kier alpha value is -2.76. The van der Waals surface area contributed by atoms with Crippen LogP contribution >= 0.6 is 0 Å². The third kappa shape index (κ3) is 2.42. The number of hydrogen-bond acceptors (Lipinski definition) is 5. The molecule has 0 spiro atoms. The maximum absolute atomic E-state index is 5.78. The zero-order chi connectivity index (χ0) is 13.1. The zero-order valence-electron chi connectivity index (χ0n) is 10.0. The lowest BCUT2D eigenvalue weighted by molar-refractivity contribution is 0.298. The molecular formula is C13H12N4O2. The van der Waals surface area contributed by atoms with Gasteiger partial charge in [-0.15, -0.1) is 5.10 Å². The summed E-state index contributed by atoms with van der Waals surface area (Å²) in [5.74, 6) is 2.35. The molecule has 0 radical (unpaired) electrons. The summed E-state index contributed by atoms with van der Waals surface area (Å²) in [5, 5.41) is 6.85. The molecule has 19 heavy (non-hydrogen) atoms. The Balaban J connectivity index is 1.70. The van der Waals surface area contributed by atoms with E-state index in [1.165, 1.54) is 0 Å². The lowest BCUT2D eigenvalue weighted by atomic mass is 10.3. The van der Waals surface area contributed by atoms with Gasteiger partial charge in [0.1, 0.15) is 12.4 Å². The number of benzene rings is 1. The molecule has 0 atom stereocenters. The number of rotatable bonds is 4.